The molecule has 2 aromatic rings. The molecule has 194 valence electrons. The molecule has 4 rings (SSSR count). The Labute approximate surface area is 217 Å². The summed E-state index contributed by atoms with van der Waals surface area (Å²) in [5.41, 5.74) is 2.82. The minimum atomic E-state index is -4.45. The van der Waals surface area contributed by atoms with E-state index in [9.17, 15) is 18.0 Å². The highest BCUT2D eigenvalue weighted by Gasteiger charge is 2.35. The Bertz CT molecular complexity index is 981. The zero-order valence-corrected chi connectivity index (χ0v) is 21.4. The van der Waals surface area contributed by atoms with Gasteiger partial charge >= 0.3 is 6.18 Å². The van der Waals surface area contributed by atoms with Crippen LogP contribution in [0, 0.1) is 0 Å². The highest BCUT2D eigenvalue weighted by molar-refractivity contribution is 5.85. The third kappa shape index (κ3) is 7.26. The lowest BCUT2D eigenvalue weighted by atomic mass is 9.99. The predicted molar refractivity (Wildman–Crippen MR) is 137 cm³/mol. The number of anilines is 1. The van der Waals surface area contributed by atoms with Gasteiger partial charge in [-0.25, -0.2) is 0 Å². The van der Waals surface area contributed by atoms with Gasteiger partial charge in [-0.2, -0.15) is 13.2 Å². The molecule has 1 saturated heterocycles. The van der Waals surface area contributed by atoms with Crippen molar-refractivity contribution in [2.24, 2.45) is 0 Å². The number of nitrogens with zero attached hydrogens (tertiary/aromatic N) is 2. The predicted octanol–water partition coefficient (Wildman–Crippen LogP) is 4.73. The molecule has 2 heterocycles. The van der Waals surface area contributed by atoms with Crippen LogP contribution in [-0.2, 0) is 30.5 Å². The fourth-order valence-electron chi connectivity index (χ4n) is 4.82. The van der Waals surface area contributed by atoms with E-state index in [0.717, 1.165) is 57.2 Å². The van der Waals surface area contributed by atoms with E-state index in [2.05, 4.69) is 21.6 Å². The van der Waals surface area contributed by atoms with Crippen LogP contribution in [0.1, 0.15) is 35.1 Å². The molecule has 0 unspecified atom stereocenters. The van der Waals surface area contributed by atoms with Crippen molar-refractivity contribution in [2.45, 2.75) is 44.6 Å². The van der Waals surface area contributed by atoms with Gasteiger partial charge in [-0.05, 0) is 74.8 Å². The number of hydrogen-bond donors (Lipinski definition) is 2. The summed E-state index contributed by atoms with van der Waals surface area (Å²) in [6, 6.07) is 11.5. The number of likely N-dealkylation sites (tertiary alicyclic amines) is 1. The number of carbonyl (C=O) groups excluding carboxylic acids is 1. The van der Waals surface area contributed by atoms with Crippen LogP contribution >= 0.6 is 24.8 Å². The van der Waals surface area contributed by atoms with E-state index in [4.69, 9.17) is 0 Å². The molecule has 1 amide bonds. The molecule has 10 heteroatoms. The Balaban J connectivity index is 0.00000216. The monoisotopic (exact) mass is 532 g/mol. The smallest absolute Gasteiger partial charge is 0.376 e. The normalized spacial score (nSPS) is 16.5. The van der Waals surface area contributed by atoms with Crippen LogP contribution in [0.25, 0.3) is 0 Å². The van der Waals surface area contributed by atoms with E-state index in [-0.39, 0.29) is 55.4 Å². The van der Waals surface area contributed by atoms with Crippen molar-refractivity contribution < 1.29 is 18.0 Å². The molecule has 2 aromatic carbocycles. The number of fused-ring (bicyclic) bond motifs is 1. The van der Waals surface area contributed by atoms with E-state index in [1.165, 1.54) is 23.3 Å². The van der Waals surface area contributed by atoms with Crippen molar-refractivity contribution in [3.05, 3.63) is 64.7 Å². The van der Waals surface area contributed by atoms with Crippen molar-refractivity contribution in [1.29, 1.82) is 0 Å². The van der Waals surface area contributed by atoms with E-state index < -0.39 is 11.7 Å². The highest BCUT2D eigenvalue weighted by Crippen LogP contribution is 2.33. The largest absolute Gasteiger partial charge is 0.416 e. The van der Waals surface area contributed by atoms with Crippen LogP contribution in [0.3, 0.4) is 0 Å². The maximum atomic E-state index is 13.6. The molecule has 2 N–H and O–H groups in total. The van der Waals surface area contributed by atoms with Gasteiger partial charge in [0, 0.05) is 24.8 Å². The van der Waals surface area contributed by atoms with Crippen molar-refractivity contribution in [2.75, 3.05) is 38.5 Å². The van der Waals surface area contributed by atoms with Crippen LogP contribution in [0.2, 0.25) is 0 Å². The number of nitrogens with one attached hydrogen (secondary N) is 2. The Morgan fingerprint density at radius 3 is 2.54 bits per heavy atom. The molecule has 5 nitrogen and oxygen atoms in total. The number of carbonyl (C=O) groups is 1. The molecule has 0 atom stereocenters. The highest BCUT2D eigenvalue weighted by atomic mass is 35.5. The van der Waals surface area contributed by atoms with Gasteiger partial charge in [-0.1, -0.05) is 30.3 Å². The van der Waals surface area contributed by atoms with Crippen molar-refractivity contribution in [3.8, 4) is 0 Å². The van der Waals surface area contributed by atoms with Gasteiger partial charge < -0.3 is 20.4 Å². The number of rotatable bonds is 6. The number of piperidine rings is 1. The number of hydrogen-bond acceptors (Lipinski definition) is 4. The third-order valence-electron chi connectivity index (χ3n) is 6.68. The molecule has 0 bridgehead atoms. The lowest BCUT2D eigenvalue weighted by Crippen LogP contribution is -2.48. The Hall–Kier alpha value is -2.00. The second-order valence-electron chi connectivity index (χ2n) is 8.93. The topological polar surface area (TPSA) is 47.6 Å². The quantitative estimate of drug-likeness (QED) is 0.564. The average Bonchev–Trinajstić information content (AvgIpc) is 2.81. The first-order chi connectivity index (χ1) is 15.8. The molecule has 35 heavy (non-hydrogen) atoms. The minimum Gasteiger partial charge on any atom is -0.376 e. The van der Waals surface area contributed by atoms with Crippen LogP contribution in [0.5, 0.6) is 0 Å². The summed E-state index contributed by atoms with van der Waals surface area (Å²) < 4.78 is 40.8. The molecule has 0 aromatic heterocycles. The minimum absolute atomic E-state index is 0. The van der Waals surface area contributed by atoms with Crippen molar-refractivity contribution in [3.63, 3.8) is 0 Å². The van der Waals surface area contributed by atoms with Gasteiger partial charge in [-0.15, -0.1) is 24.8 Å². The first-order valence-electron chi connectivity index (χ1n) is 11.5. The van der Waals surface area contributed by atoms with Crippen molar-refractivity contribution >= 4 is 36.4 Å². The summed E-state index contributed by atoms with van der Waals surface area (Å²) in [7, 11) is 2.02. The number of alkyl halides is 3. The molecule has 0 aliphatic carbocycles. The maximum absolute atomic E-state index is 13.6. The Morgan fingerprint density at radius 2 is 1.83 bits per heavy atom. The second kappa shape index (κ2) is 12.8. The lowest BCUT2D eigenvalue weighted by molar-refractivity contribution is -0.140. The number of amides is 1. The Kier molecular flexibility index (Phi) is 10.7. The maximum Gasteiger partial charge on any atom is 0.416 e. The van der Waals surface area contributed by atoms with Gasteiger partial charge in [0.15, 0.2) is 0 Å². The van der Waals surface area contributed by atoms with Crippen LogP contribution in [0.4, 0.5) is 18.9 Å². The van der Waals surface area contributed by atoms with Gasteiger partial charge in [-0.3, -0.25) is 4.79 Å². The number of benzene rings is 2. The number of halogens is 5. The van der Waals surface area contributed by atoms with Crippen molar-refractivity contribution in [1.82, 2.24) is 15.1 Å². The summed E-state index contributed by atoms with van der Waals surface area (Å²) in [5, 5.41) is 6.62. The van der Waals surface area contributed by atoms with Crippen LogP contribution in [0.15, 0.2) is 42.5 Å². The Morgan fingerprint density at radius 1 is 1.11 bits per heavy atom. The molecular weight excluding hydrogens is 500 g/mol. The van der Waals surface area contributed by atoms with Gasteiger partial charge in [0.25, 0.3) is 0 Å². The van der Waals surface area contributed by atoms with Gasteiger partial charge in [0.2, 0.25) is 5.91 Å². The standard InChI is InChI=1S/C25H31F3N4O.2ClH/c1-31-13-10-20(11-14-31)32(17-19-5-2-3-7-22(19)25(26,27)28)24(33)16-30-23-8-4-6-18-15-29-12-9-21(18)23;;/h2-8,20,29-30H,9-17H2,1H3;2*1H. The molecule has 0 saturated carbocycles. The fraction of sp³-hybridized carbons (Fsp3) is 0.480. The van der Waals surface area contributed by atoms with E-state index in [1.54, 1.807) is 11.0 Å². The van der Waals surface area contributed by atoms with Gasteiger partial charge in [0.05, 0.1) is 12.1 Å². The summed E-state index contributed by atoms with van der Waals surface area (Å²) in [6.07, 6.45) is -2.07. The summed E-state index contributed by atoms with van der Waals surface area (Å²) in [6.45, 7) is 3.35. The molecule has 2 aliphatic heterocycles. The molecule has 0 spiro atoms. The molecule has 0 radical (unpaired) electrons. The van der Waals surface area contributed by atoms with Crippen LogP contribution < -0.4 is 10.6 Å². The average molecular weight is 533 g/mol. The fourth-order valence-corrected chi connectivity index (χ4v) is 4.82. The summed E-state index contributed by atoms with van der Waals surface area (Å²) >= 11 is 0. The first-order valence-corrected chi connectivity index (χ1v) is 11.5. The lowest BCUT2D eigenvalue weighted by Gasteiger charge is -2.38. The van der Waals surface area contributed by atoms with Gasteiger partial charge in [0.1, 0.15) is 0 Å². The van der Waals surface area contributed by atoms with E-state index in [1.807, 2.05) is 19.2 Å². The summed E-state index contributed by atoms with van der Waals surface area (Å²) in [5.74, 6) is -0.173. The molecule has 1 fully saturated rings. The first kappa shape index (κ1) is 29.2. The zero-order chi connectivity index (χ0) is 23.4. The van der Waals surface area contributed by atoms with Crippen LogP contribution in [-0.4, -0.2) is 55.0 Å². The van der Waals surface area contributed by atoms with E-state index in [0.29, 0.717) is 0 Å². The third-order valence-corrected chi connectivity index (χ3v) is 6.68. The zero-order valence-electron chi connectivity index (χ0n) is 19.7. The SMILES string of the molecule is CN1CCC(N(Cc2ccccc2C(F)(F)F)C(=O)CNc2cccc3c2CCNC3)CC1.Cl.Cl. The second-order valence-corrected chi connectivity index (χ2v) is 8.93. The molecular formula is C25H33Cl2F3N4O. The summed E-state index contributed by atoms with van der Waals surface area (Å²) in [4.78, 5) is 17.2. The van der Waals surface area contributed by atoms with E-state index >= 15 is 0 Å². The molecule has 2 aliphatic rings.